The van der Waals surface area contributed by atoms with Crippen molar-refractivity contribution >= 4 is 19.7 Å². The maximum atomic E-state index is 13.5. The van der Waals surface area contributed by atoms with E-state index in [1.54, 1.807) is 0 Å². The number of phosphoric acid groups is 1. The van der Waals surface area contributed by atoms with Crippen molar-refractivity contribution in [2.24, 2.45) is 0 Å². The smallest absolute Gasteiger partial charge is 0.306 e. The van der Waals surface area contributed by atoms with Gasteiger partial charge in [-0.2, -0.15) is 0 Å². The molecular weight excluding hydrogens is 952 g/mol. The molecule has 0 saturated heterocycles. The molecule has 0 aliphatic rings. The molecule has 0 aromatic carbocycles. The molecular formula is C65H119N2O7P. The molecule has 436 valence electrons. The van der Waals surface area contributed by atoms with Crippen molar-refractivity contribution in [3.63, 3.8) is 0 Å². The number of likely N-dealkylation sites (N-methyl/N-ethyl adjacent to an activating group) is 1. The Bertz CT molecular complexity index is 1510. The second-order valence-electron chi connectivity index (χ2n) is 22.2. The van der Waals surface area contributed by atoms with E-state index in [-0.39, 0.29) is 24.9 Å². The maximum absolute atomic E-state index is 13.5. The number of quaternary nitrogens is 1. The highest BCUT2D eigenvalue weighted by molar-refractivity contribution is 7.45. The summed E-state index contributed by atoms with van der Waals surface area (Å²) < 4.78 is 30.3. The predicted octanol–water partition coefficient (Wildman–Crippen LogP) is 18.6. The third-order valence-electron chi connectivity index (χ3n) is 13.6. The summed E-state index contributed by atoms with van der Waals surface area (Å²) in [5.74, 6) is -0.565. The van der Waals surface area contributed by atoms with Gasteiger partial charge in [0.1, 0.15) is 19.3 Å². The van der Waals surface area contributed by atoms with Gasteiger partial charge in [-0.05, 0) is 102 Å². The minimum Gasteiger partial charge on any atom is -0.756 e. The number of carbonyl (C=O) groups is 2. The lowest BCUT2D eigenvalue weighted by Crippen LogP contribution is -2.47. The van der Waals surface area contributed by atoms with E-state index in [0.29, 0.717) is 23.9 Å². The first-order valence-corrected chi connectivity index (χ1v) is 32.7. The summed E-state index contributed by atoms with van der Waals surface area (Å²) in [7, 11) is 1.17. The minimum absolute atomic E-state index is 0.0285. The quantitative estimate of drug-likeness (QED) is 0.0212. The first-order chi connectivity index (χ1) is 36.4. The molecule has 10 heteroatoms. The Kier molecular flexibility index (Phi) is 52.9. The number of rotatable bonds is 56. The Balaban J connectivity index is 5.26. The molecule has 0 heterocycles. The molecule has 0 bridgehead atoms. The molecule has 3 atom stereocenters. The van der Waals surface area contributed by atoms with Gasteiger partial charge in [0.15, 0.2) is 0 Å². The van der Waals surface area contributed by atoms with Gasteiger partial charge < -0.3 is 28.5 Å². The fourth-order valence-corrected chi connectivity index (χ4v) is 9.46. The molecule has 1 amide bonds. The van der Waals surface area contributed by atoms with Gasteiger partial charge in [-0.15, -0.1) is 0 Å². The van der Waals surface area contributed by atoms with E-state index in [2.05, 4.69) is 86.8 Å². The third kappa shape index (κ3) is 56.0. The van der Waals surface area contributed by atoms with Gasteiger partial charge in [0.05, 0.1) is 33.8 Å². The fourth-order valence-electron chi connectivity index (χ4n) is 8.74. The monoisotopic (exact) mass is 1070 g/mol. The normalized spacial score (nSPS) is 14.2. The van der Waals surface area contributed by atoms with Crippen molar-refractivity contribution in [2.45, 2.75) is 290 Å². The number of allylic oxidation sites excluding steroid dienone is 11. The molecule has 0 aliphatic carbocycles. The molecule has 1 N–H and O–H groups in total. The lowest BCUT2D eigenvalue weighted by molar-refractivity contribution is -0.870. The van der Waals surface area contributed by atoms with E-state index in [0.717, 1.165) is 103 Å². The van der Waals surface area contributed by atoms with Crippen molar-refractivity contribution in [1.29, 1.82) is 0 Å². The first kappa shape index (κ1) is 72.5. The largest absolute Gasteiger partial charge is 0.756 e. The zero-order valence-corrected chi connectivity index (χ0v) is 50.6. The molecule has 0 saturated carbocycles. The number of nitrogens with one attached hydrogen (secondary N) is 1. The number of amides is 1. The summed E-state index contributed by atoms with van der Waals surface area (Å²) in [6.45, 7) is 6.80. The number of esters is 1. The molecule has 3 unspecified atom stereocenters. The zero-order valence-electron chi connectivity index (χ0n) is 49.7. The number of phosphoric ester groups is 1. The predicted molar refractivity (Wildman–Crippen MR) is 321 cm³/mol. The lowest BCUT2D eigenvalue weighted by atomic mass is 10.1. The van der Waals surface area contributed by atoms with E-state index in [4.69, 9.17) is 13.8 Å². The summed E-state index contributed by atoms with van der Waals surface area (Å²) in [4.78, 5) is 40.0. The zero-order chi connectivity index (χ0) is 55.0. The van der Waals surface area contributed by atoms with Crippen molar-refractivity contribution in [3.05, 3.63) is 72.9 Å². The van der Waals surface area contributed by atoms with Gasteiger partial charge in [-0.25, -0.2) is 0 Å². The van der Waals surface area contributed by atoms with Crippen molar-refractivity contribution < 1.29 is 37.3 Å². The number of nitrogens with zero attached hydrogens (tertiary/aromatic N) is 1. The van der Waals surface area contributed by atoms with E-state index in [1.165, 1.54) is 135 Å². The molecule has 0 aliphatic heterocycles. The van der Waals surface area contributed by atoms with Crippen LogP contribution in [0.5, 0.6) is 0 Å². The van der Waals surface area contributed by atoms with Crippen molar-refractivity contribution in [3.8, 4) is 0 Å². The van der Waals surface area contributed by atoms with Crippen LogP contribution in [0.1, 0.15) is 278 Å². The first-order valence-electron chi connectivity index (χ1n) is 31.2. The standard InChI is InChI=1S/C65H119N2O7P/c1-7-10-13-16-19-22-25-27-29-31-32-33-34-36-38-40-43-46-49-52-55-58-65(69)74-63(56-53-50-47-44-41-24-21-18-15-12-9-3)62(61-73-75(70,71)72-60-59-67(4,5)6)66-64(68)57-54-51-48-45-42-39-37-35-30-28-26-23-20-17-14-11-8-2/h19,22,27-30,32-33,36,38,53,56,62-63H,7-18,20-21,23-26,31,34-35,37,39-52,54-55,57-61H2,1-6H3,(H-,66,68,70,71)/b22-19-,29-27-,30-28+,33-32-,38-36-,56-53+. The lowest BCUT2D eigenvalue weighted by Gasteiger charge is -2.30. The van der Waals surface area contributed by atoms with Crippen LogP contribution in [0.2, 0.25) is 0 Å². The van der Waals surface area contributed by atoms with Crippen LogP contribution in [0, 0.1) is 0 Å². The van der Waals surface area contributed by atoms with E-state index >= 15 is 0 Å². The highest BCUT2D eigenvalue weighted by atomic mass is 31.2. The Morgan fingerprint density at radius 3 is 1.25 bits per heavy atom. The number of hydrogen-bond donors (Lipinski definition) is 1. The second kappa shape index (κ2) is 54.8. The highest BCUT2D eigenvalue weighted by Crippen LogP contribution is 2.38. The van der Waals surface area contributed by atoms with Crippen molar-refractivity contribution in [2.75, 3.05) is 40.9 Å². The Morgan fingerprint density at radius 2 is 0.813 bits per heavy atom. The molecule has 0 fully saturated rings. The van der Waals surface area contributed by atoms with Gasteiger partial charge in [0, 0.05) is 12.8 Å². The van der Waals surface area contributed by atoms with E-state index in [9.17, 15) is 19.0 Å². The van der Waals surface area contributed by atoms with Crippen LogP contribution in [-0.2, 0) is 27.9 Å². The second-order valence-corrected chi connectivity index (χ2v) is 23.6. The summed E-state index contributed by atoms with van der Waals surface area (Å²) in [5, 5.41) is 3.02. The summed E-state index contributed by atoms with van der Waals surface area (Å²) in [6, 6.07) is -0.900. The molecule has 9 nitrogen and oxygen atoms in total. The van der Waals surface area contributed by atoms with Gasteiger partial charge in [0.2, 0.25) is 5.91 Å². The van der Waals surface area contributed by atoms with Crippen molar-refractivity contribution in [1.82, 2.24) is 5.32 Å². The van der Waals surface area contributed by atoms with Crippen LogP contribution in [0.3, 0.4) is 0 Å². The SMILES string of the molecule is CCCCC/C=C\C/C=C\C/C=C\C/C=C\CCCCCCCC(=O)OC(/C=C/CCCCCCCCCCC)C(COP(=O)([O-])OCC[N+](C)(C)C)NC(=O)CCCCCCCCC/C=C/CCCCCCCC. The van der Waals surface area contributed by atoms with E-state index < -0.39 is 26.6 Å². The topological polar surface area (TPSA) is 114 Å². The number of unbranched alkanes of at least 4 members (excludes halogenated alkanes) is 30. The fraction of sp³-hybridized carbons (Fsp3) is 0.785. The Labute approximate surface area is 463 Å². The Morgan fingerprint density at radius 1 is 0.467 bits per heavy atom. The van der Waals surface area contributed by atoms with Crippen LogP contribution in [0.25, 0.3) is 0 Å². The van der Waals surface area contributed by atoms with Crippen LogP contribution >= 0.6 is 7.82 Å². The number of hydrogen-bond acceptors (Lipinski definition) is 7. The van der Waals surface area contributed by atoms with Crippen LogP contribution in [-0.4, -0.2) is 69.4 Å². The average Bonchev–Trinajstić information content (AvgIpc) is 3.37. The minimum atomic E-state index is -4.70. The summed E-state index contributed by atoms with van der Waals surface area (Å²) in [5.41, 5.74) is 0. The number of ether oxygens (including phenoxy) is 1. The van der Waals surface area contributed by atoms with Crippen LogP contribution < -0.4 is 10.2 Å². The molecule has 0 rings (SSSR count). The average molecular weight is 1070 g/mol. The maximum Gasteiger partial charge on any atom is 0.306 e. The molecule has 75 heavy (non-hydrogen) atoms. The van der Waals surface area contributed by atoms with E-state index in [1.807, 2.05) is 33.3 Å². The molecule has 0 spiro atoms. The summed E-state index contributed by atoms with van der Waals surface area (Å²) in [6.07, 6.45) is 70.1. The summed E-state index contributed by atoms with van der Waals surface area (Å²) >= 11 is 0. The van der Waals surface area contributed by atoms with Gasteiger partial charge in [-0.3, -0.25) is 14.2 Å². The molecule has 0 aromatic rings. The molecule has 0 aromatic heterocycles. The van der Waals surface area contributed by atoms with Gasteiger partial charge in [-0.1, -0.05) is 235 Å². The Hall–Kier alpha value is -2.55. The van der Waals surface area contributed by atoms with Gasteiger partial charge in [0.25, 0.3) is 7.82 Å². The molecule has 0 radical (unpaired) electrons. The van der Waals surface area contributed by atoms with Crippen LogP contribution in [0.15, 0.2) is 72.9 Å². The van der Waals surface area contributed by atoms with Crippen LogP contribution in [0.4, 0.5) is 0 Å². The third-order valence-corrected chi connectivity index (χ3v) is 14.6. The van der Waals surface area contributed by atoms with Gasteiger partial charge >= 0.3 is 5.97 Å². The number of carbonyl (C=O) groups excluding carboxylic acids is 2. The highest BCUT2D eigenvalue weighted by Gasteiger charge is 2.27.